The van der Waals surface area contributed by atoms with E-state index in [2.05, 4.69) is 5.32 Å². The molecule has 2 aromatic rings. The second-order valence-electron chi connectivity index (χ2n) is 6.16. The van der Waals surface area contributed by atoms with E-state index in [0.29, 0.717) is 11.4 Å². The van der Waals surface area contributed by atoms with Gasteiger partial charge in [0.1, 0.15) is 12.3 Å². The molecule has 1 atom stereocenters. The highest BCUT2D eigenvalue weighted by Gasteiger charge is 2.28. The van der Waals surface area contributed by atoms with Crippen molar-refractivity contribution >= 4 is 44.8 Å². The van der Waals surface area contributed by atoms with Gasteiger partial charge >= 0.3 is 0 Å². The number of sulfonamides is 1. The van der Waals surface area contributed by atoms with Crippen LogP contribution in [0.1, 0.15) is 20.3 Å². The molecule has 0 heterocycles. The summed E-state index contributed by atoms with van der Waals surface area (Å²) in [5, 5.41) is 3.13. The molecule has 6 nitrogen and oxygen atoms in total. The fourth-order valence-corrected chi connectivity index (χ4v) is 4.19. The molecular weight excluding hydrogens is 423 g/mol. The summed E-state index contributed by atoms with van der Waals surface area (Å²) >= 11 is 11.9. The Morgan fingerprint density at radius 2 is 1.79 bits per heavy atom. The van der Waals surface area contributed by atoms with E-state index in [1.807, 2.05) is 13.8 Å². The van der Waals surface area contributed by atoms with Crippen LogP contribution in [0.5, 0.6) is 5.75 Å². The lowest BCUT2D eigenvalue weighted by atomic mass is 10.2. The summed E-state index contributed by atoms with van der Waals surface area (Å²) in [4.78, 5) is 12.4. The van der Waals surface area contributed by atoms with E-state index in [4.69, 9.17) is 27.9 Å². The maximum absolute atomic E-state index is 13.3. The van der Waals surface area contributed by atoms with E-state index in [-0.39, 0.29) is 27.5 Å². The monoisotopic (exact) mass is 444 g/mol. The second-order valence-corrected chi connectivity index (χ2v) is 8.84. The summed E-state index contributed by atoms with van der Waals surface area (Å²) in [5.41, 5.74) is 0.325. The Morgan fingerprint density at radius 3 is 2.32 bits per heavy atom. The summed E-state index contributed by atoms with van der Waals surface area (Å²) in [5.74, 6) is 0.161. The van der Waals surface area contributed by atoms with Crippen molar-refractivity contribution in [1.29, 1.82) is 0 Å². The summed E-state index contributed by atoms with van der Waals surface area (Å²) in [6, 6.07) is 10.3. The number of benzene rings is 2. The molecule has 1 N–H and O–H groups in total. The zero-order valence-corrected chi connectivity index (χ0v) is 18.1. The lowest BCUT2D eigenvalue weighted by molar-refractivity contribution is -0.120. The number of rotatable bonds is 8. The van der Waals surface area contributed by atoms with Crippen molar-refractivity contribution < 1.29 is 17.9 Å². The Bertz CT molecular complexity index is 933. The largest absolute Gasteiger partial charge is 0.497 e. The Morgan fingerprint density at radius 1 is 1.14 bits per heavy atom. The van der Waals surface area contributed by atoms with Gasteiger partial charge in [-0.05, 0) is 55.8 Å². The summed E-state index contributed by atoms with van der Waals surface area (Å²) in [6.45, 7) is 3.40. The highest BCUT2D eigenvalue weighted by Crippen LogP contribution is 2.29. The SMILES string of the molecule is CC[C@H](C)NC(=O)CN(c1ccc(OC)cc1)S(=O)(=O)c1ccc(Cl)c(Cl)c1. The minimum absolute atomic E-state index is 0.0611. The van der Waals surface area contributed by atoms with Crippen LogP contribution in [0.15, 0.2) is 47.4 Å². The molecular formula is C19H22Cl2N2O4S. The number of carbonyl (C=O) groups is 1. The van der Waals surface area contributed by atoms with Crippen molar-refractivity contribution in [2.75, 3.05) is 18.0 Å². The molecule has 0 unspecified atom stereocenters. The third kappa shape index (κ3) is 5.31. The van der Waals surface area contributed by atoms with Gasteiger partial charge in [-0.1, -0.05) is 30.1 Å². The normalized spacial score (nSPS) is 12.3. The molecule has 0 saturated carbocycles. The van der Waals surface area contributed by atoms with E-state index < -0.39 is 15.9 Å². The van der Waals surface area contributed by atoms with Gasteiger partial charge in [-0.15, -0.1) is 0 Å². The highest BCUT2D eigenvalue weighted by molar-refractivity contribution is 7.92. The van der Waals surface area contributed by atoms with Crippen LogP contribution in [-0.4, -0.2) is 34.0 Å². The van der Waals surface area contributed by atoms with Gasteiger partial charge in [0, 0.05) is 6.04 Å². The Labute approximate surface area is 175 Å². The van der Waals surface area contributed by atoms with E-state index in [1.165, 1.54) is 25.3 Å². The van der Waals surface area contributed by atoms with E-state index in [0.717, 1.165) is 10.7 Å². The second kappa shape index (κ2) is 9.49. The number of amides is 1. The molecule has 152 valence electrons. The zero-order valence-electron chi connectivity index (χ0n) is 15.8. The number of hydrogen-bond donors (Lipinski definition) is 1. The lowest BCUT2D eigenvalue weighted by Gasteiger charge is -2.25. The quantitative estimate of drug-likeness (QED) is 0.664. The molecule has 1 amide bonds. The fourth-order valence-electron chi connectivity index (χ4n) is 2.38. The van der Waals surface area contributed by atoms with E-state index in [9.17, 15) is 13.2 Å². The van der Waals surface area contributed by atoms with Crippen LogP contribution >= 0.6 is 23.2 Å². The number of halogens is 2. The van der Waals surface area contributed by atoms with Crippen molar-refractivity contribution in [3.05, 3.63) is 52.5 Å². The zero-order chi connectivity index (χ0) is 20.9. The molecule has 0 aliphatic carbocycles. The summed E-state index contributed by atoms with van der Waals surface area (Å²) in [7, 11) is -2.55. The Hall–Kier alpha value is -1.96. The van der Waals surface area contributed by atoms with Gasteiger partial charge in [0.25, 0.3) is 10.0 Å². The van der Waals surface area contributed by atoms with Crippen molar-refractivity contribution in [2.45, 2.75) is 31.2 Å². The minimum Gasteiger partial charge on any atom is -0.497 e. The number of hydrogen-bond acceptors (Lipinski definition) is 4. The summed E-state index contributed by atoms with van der Waals surface area (Å²) in [6.07, 6.45) is 0.730. The van der Waals surface area contributed by atoms with Crippen LogP contribution in [0, 0.1) is 0 Å². The number of methoxy groups -OCH3 is 1. The predicted molar refractivity (Wildman–Crippen MR) is 112 cm³/mol. The van der Waals surface area contributed by atoms with Crippen molar-refractivity contribution in [3.8, 4) is 5.75 Å². The van der Waals surface area contributed by atoms with Gasteiger partial charge in [0.2, 0.25) is 5.91 Å². The van der Waals surface area contributed by atoms with Gasteiger partial charge in [-0.3, -0.25) is 9.10 Å². The average molecular weight is 445 g/mol. The number of carbonyl (C=O) groups excluding carboxylic acids is 1. The predicted octanol–water partition coefficient (Wildman–Crippen LogP) is 4.11. The molecule has 2 aromatic carbocycles. The molecule has 0 radical (unpaired) electrons. The van der Waals surface area contributed by atoms with Gasteiger partial charge in [0.05, 0.1) is 27.7 Å². The maximum Gasteiger partial charge on any atom is 0.264 e. The Balaban J connectivity index is 2.46. The molecule has 0 spiro atoms. The lowest BCUT2D eigenvalue weighted by Crippen LogP contribution is -2.43. The first-order valence-corrected chi connectivity index (χ1v) is 10.8. The number of anilines is 1. The van der Waals surface area contributed by atoms with Crippen molar-refractivity contribution in [1.82, 2.24) is 5.32 Å². The van der Waals surface area contributed by atoms with Crippen LogP contribution in [0.3, 0.4) is 0 Å². The number of ether oxygens (including phenoxy) is 1. The molecule has 0 fully saturated rings. The average Bonchev–Trinajstić information content (AvgIpc) is 2.68. The fraction of sp³-hybridized carbons (Fsp3) is 0.316. The molecule has 0 aliphatic heterocycles. The van der Waals surface area contributed by atoms with Gasteiger partial charge in [-0.2, -0.15) is 0 Å². The van der Waals surface area contributed by atoms with Gasteiger partial charge < -0.3 is 10.1 Å². The third-order valence-electron chi connectivity index (χ3n) is 4.15. The number of nitrogens with zero attached hydrogens (tertiary/aromatic N) is 1. The topological polar surface area (TPSA) is 75.7 Å². The van der Waals surface area contributed by atoms with Gasteiger partial charge in [-0.25, -0.2) is 8.42 Å². The smallest absolute Gasteiger partial charge is 0.264 e. The molecule has 9 heteroatoms. The van der Waals surface area contributed by atoms with Crippen LogP contribution in [0.25, 0.3) is 0 Å². The first kappa shape index (κ1) is 22.3. The van der Waals surface area contributed by atoms with E-state index in [1.54, 1.807) is 24.3 Å². The standard InChI is InChI=1S/C19H22Cl2N2O4S/c1-4-13(2)22-19(24)12-23(14-5-7-15(27-3)8-6-14)28(25,26)16-9-10-17(20)18(21)11-16/h5-11,13H,4,12H2,1-3H3,(H,22,24)/t13-/m0/s1. The van der Waals surface area contributed by atoms with Crippen LogP contribution in [0.2, 0.25) is 10.0 Å². The molecule has 2 rings (SSSR count). The molecule has 0 bridgehead atoms. The summed E-state index contributed by atoms with van der Waals surface area (Å²) < 4.78 is 32.7. The van der Waals surface area contributed by atoms with Gasteiger partial charge in [0.15, 0.2) is 0 Å². The van der Waals surface area contributed by atoms with E-state index >= 15 is 0 Å². The van der Waals surface area contributed by atoms with Crippen molar-refractivity contribution in [3.63, 3.8) is 0 Å². The van der Waals surface area contributed by atoms with Crippen LogP contribution < -0.4 is 14.4 Å². The molecule has 0 saturated heterocycles. The van der Waals surface area contributed by atoms with Crippen LogP contribution in [0.4, 0.5) is 5.69 Å². The maximum atomic E-state index is 13.3. The van der Waals surface area contributed by atoms with Crippen molar-refractivity contribution in [2.24, 2.45) is 0 Å². The first-order chi connectivity index (χ1) is 13.2. The first-order valence-electron chi connectivity index (χ1n) is 8.60. The highest BCUT2D eigenvalue weighted by atomic mass is 35.5. The third-order valence-corrected chi connectivity index (χ3v) is 6.66. The van der Waals surface area contributed by atoms with Crippen LogP contribution in [-0.2, 0) is 14.8 Å². The minimum atomic E-state index is -4.06. The molecule has 0 aromatic heterocycles. The molecule has 0 aliphatic rings. The number of nitrogens with one attached hydrogen (secondary N) is 1. The Kier molecular flexibility index (Phi) is 7.57. The molecule has 28 heavy (non-hydrogen) atoms.